The highest BCUT2D eigenvalue weighted by Crippen LogP contribution is 2.37. The number of hydrogen-bond donors (Lipinski definition) is 1. The van der Waals surface area contributed by atoms with Crippen molar-refractivity contribution in [1.82, 2.24) is 9.62 Å². The molecule has 2 aromatic rings. The zero-order chi connectivity index (χ0) is 22.6. The van der Waals surface area contributed by atoms with Gasteiger partial charge in [-0.2, -0.15) is 17.5 Å². The fraction of sp³-hybridized carbons (Fsp3) is 0.476. The molecule has 1 aliphatic rings. The molecule has 1 aromatic carbocycles. The summed E-state index contributed by atoms with van der Waals surface area (Å²) in [6.45, 7) is 1.12. The minimum Gasteiger partial charge on any atom is -0.468 e. The SMILES string of the molecule is Cc1ccc(S(=O)(=O)N(CC(=O)NC2CCCC(C(F)(F)F)C2)Cc2ccco2)cc1. The van der Waals surface area contributed by atoms with Gasteiger partial charge < -0.3 is 9.73 Å². The Balaban J connectivity index is 1.74. The first-order valence-corrected chi connectivity index (χ1v) is 11.4. The summed E-state index contributed by atoms with van der Waals surface area (Å²) >= 11 is 0. The van der Waals surface area contributed by atoms with Crippen LogP contribution in [0, 0.1) is 12.8 Å². The lowest BCUT2D eigenvalue weighted by atomic mass is 9.85. The molecule has 0 spiro atoms. The fourth-order valence-corrected chi connectivity index (χ4v) is 5.08. The Morgan fingerprint density at radius 3 is 2.52 bits per heavy atom. The van der Waals surface area contributed by atoms with Crippen LogP contribution in [0.4, 0.5) is 13.2 Å². The number of hydrogen-bond acceptors (Lipinski definition) is 4. The molecule has 1 fully saturated rings. The van der Waals surface area contributed by atoms with Crippen LogP contribution in [0.1, 0.15) is 37.0 Å². The first-order chi connectivity index (χ1) is 14.6. The Morgan fingerprint density at radius 2 is 1.90 bits per heavy atom. The molecule has 1 amide bonds. The van der Waals surface area contributed by atoms with Crippen molar-refractivity contribution in [1.29, 1.82) is 0 Å². The Hall–Kier alpha value is -2.33. The van der Waals surface area contributed by atoms with Crippen molar-refractivity contribution in [3.05, 3.63) is 54.0 Å². The lowest BCUT2D eigenvalue weighted by Crippen LogP contribution is -2.46. The molecule has 3 rings (SSSR count). The van der Waals surface area contributed by atoms with E-state index in [2.05, 4.69) is 5.32 Å². The van der Waals surface area contributed by atoms with Gasteiger partial charge in [0.05, 0.1) is 30.2 Å². The highest BCUT2D eigenvalue weighted by molar-refractivity contribution is 7.89. The van der Waals surface area contributed by atoms with E-state index in [1.54, 1.807) is 24.3 Å². The quantitative estimate of drug-likeness (QED) is 0.680. The van der Waals surface area contributed by atoms with Gasteiger partial charge in [-0.05, 0) is 50.5 Å². The van der Waals surface area contributed by atoms with Crippen LogP contribution in [-0.4, -0.2) is 37.4 Å². The van der Waals surface area contributed by atoms with Crippen molar-refractivity contribution >= 4 is 15.9 Å². The van der Waals surface area contributed by atoms with Crippen LogP contribution < -0.4 is 5.32 Å². The van der Waals surface area contributed by atoms with Crippen LogP contribution in [0.15, 0.2) is 52.0 Å². The van der Waals surface area contributed by atoms with Crippen LogP contribution in [0.3, 0.4) is 0 Å². The number of amides is 1. The van der Waals surface area contributed by atoms with Crippen molar-refractivity contribution in [2.45, 2.75) is 56.3 Å². The number of nitrogens with one attached hydrogen (secondary N) is 1. The molecule has 0 radical (unpaired) electrons. The summed E-state index contributed by atoms with van der Waals surface area (Å²) in [5, 5.41) is 2.59. The number of carbonyl (C=O) groups excluding carboxylic acids is 1. The minimum absolute atomic E-state index is 0.0206. The molecule has 1 heterocycles. The highest BCUT2D eigenvalue weighted by Gasteiger charge is 2.42. The molecule has 2 unspecified atom stereocenters. The molecule has 31 heavy (non-hydrogen) atoms. The zero-order valence-electron chi connectivity index (χ0n) is 17.1. The molecule has 170 valence electrons. The van der Waals surface area contributed by atoms with E-state index in [1.807, 2.05) is 6.92 Å². The molecular weight excluding hydrogens is 433 g/mol. The van der Waals surface area contributed by atoms with Gasteiger partial charge in [-0.3, -0.25) is 4.79 Å². The Morgan fingerprint density at radius 1 is 1.19 bits per heavy atom. The van der Waals surface area contributed by atoms with E-state index >= 15 is 0 Å². The molecule has 0 bridgehead atoms. The summed E-state index contributed by atoms with van der Waals surface area (Å²) in [6.07, 6.45) is -2.27. The molecule has 1 aliphatic carbocycles. The molecule has 1 saturated carbocycles. The van der Waals surface area contributed by atoms with E-state index in [1.165, 1.54) is 18.4 Å². The predicted molar refractivity (Wildman–Crippen MR) is 107 cm³/mol. The average molecular weight is 459 g/mol. The van der Waals surface area contributed by atoms with Gasteiger partial charge in [-0.15, -0.1) is 0 Å². The lowest BCUT2D eigenvalue weighted by molar-refractivity contribution is -0.184. The van der Waals surface area contributed by atoms with Crippen LogP contribution >= 0.6 is 0 Å². The van der Waals surface area contributed by atoms with Crippen molar-refractivity contribution in [3.63, 3.8) is 0 Å². The monoisotopic (exact) mass is 458 g/mol. The largest absolute Gasteiger partial charge is 0.468 e. The Bertz CT molecular complexity index is 973. The average Bonchev–Trinajstić information content (AvgIpc) is 3.20. The van der Waals surface area contributed by atoms with E-state index in [4.69, 9.17) is 4.42 Å². The number of benzene rings is 1. The number of carbonyl (C=O) groups is 1. The molecule has 0 saturated heterocycles. The van der Waals surface area contributed by atoms with Crippen molar-refractivity contribution < 1.29 is 30.8 Å². The summed E-state index contributed by atoms with van der Waals surface area (Å²) in [7, 11) is -4.03. The van der Waals surface area contributed by atoms with Crippen LogP contribution in [-0.2, 0) is 21.4 Å². The van der Waals surface area contributed by atoms with Gasteiger partial charge in [0.1, 0.15) is 5.76 Å². The Labute approximate surface area is 179 Å². The standard InChI is InChI=1S/C21H25F3N2O4S/c1-15-7-9-19(10-8-15)31(28,29)26(13-18-6-3-11-30-18)14-20(27)25-17-5-2-4-16(12-17)21(22,23)24/h3,6-11,16-17H,2,4-5,12-14H2,1H3,(H,25,27). The van der Waals surface area contributed by atoms with Gasteiger partial charge in [0.15, 0.2) is 0 Å². The molecule has 2 atom stereocenters. The number of nitrogens with zero attached hydrogens (tertiary/aromatic N) is 1. The summed E-state index contributed by atoms with van der Waals surface area (Å²) in [4.78, 5) is 12.6. The Kier molecular flexibility index (Phi) is 7.10. The smallest absolute Gasteiger partial charge is 0.391 e. The van der Waals surface area contributed by atoms with Gasteiger partial charge in [0.25, 0.3) is 0 Å². The molecule has 1 N–H and O–H groups in total. The van der Waals surface area contributed by atoms with Crippen LogP contribution in [0.5, 0.6) is 0 Å². The maximum absolute atomic E-state index is 13.1. The number of halogens is 3. The fourth-order valence-electron chi connectivity index (χ4n) is 3.71. The minimum atomic E-state index is -4.30. The summed E-state index contributed by atoms with van der Waals surface area (Å²) < 4.78 is 71.6. The molecule has 10 heteroatoms. The third kappa shape index (κ3) is 6.10. The lowest BCUT2D eigenvalue weighted by Gasteiger charge is -2.31. The van der Waals surface area contributed by atoms with Gasteiger partial charge in [-0.1, -0.05) is 24.1 Å². The van der Waals surface area contributed by atoms with E-state index in [9.17, 15) is 26.4 Å². The second-order valence-corrected chi connectivity index (χ2v) is 9.77. The van der Waals surface area contributed by atoms with Gasteiger partial charge in [0, 0.05) is 6.04 Å². The number of aryl methyl sites for hydroxylation is 1. The summed E-state index contributed by atoms with van der Waals surface area (Å²) in [5.41, 5.74) is 0.880. The van der Waals surface area contributed by atoms with E-state index in [0.717, 1.165) is 9.87 Å². The second-order valence-electron chi connectivity index (χ2n) is 7.84. The number of alkyl halides is 3. The normalized spacial score (nSPS) is 20.0. The molecule has 1 aromatic heterocycles. The number of rotatable bonds is 7. The van der Waals surface area contributed by atoms with Crippen molar-refractivity contribution in [2.75, 3.05) is 6.54 Å². The maximum Gasteiger partial charge on any atom is 0.391 e. The first-order valence-electron chi connectivity index (χ1n) is 10.0. The van der Waals surface area contributed by atoms with Crippen LogP contribution in [0.2, 0.25) is 0 Å². The predicted octanol–water partition coefficient (Wildman–Crippen LogP) is 4.02. The summed E-state index contributed by atoms with van der Waals surface area (Å²) in [6, 6.07) is 8.75. The topological polar surface area (TPSA) is 79.6 Å². The highest BCUT2D eigenvalue weighted by atomic mass is 32.2. The molecule has 0 aliphatic heterocycles. The zero-order valence-corrected chi connectivity index (χ0v) is 17.9. The third-order valence-electron chi connectivity index (χ3n) is 5.39. The second kappa shape index (κ2) is 9.44. The van der Waals surface area contributed by atoms with Crippen molar-refractivity contribution in [2.24, 2.45) is 5.92 Å². The molecule has 6 nitrogen and oxygen atoms in total. The maximum atomic E-state index is 13.1. The number of sulfonamides is 1. The van der Waals surface area contributed by atoms with Crippen LogP contribution in [0.25, 0.3) is 0 Å². The number of furan rings is 1. The van der Waals surface area contributed by atoms with Crippen molar-refractivity contribution in [3.8, 4) is 0 Å². The summed E-state index contributed by atoms with van der Waals surface area (Å²) in [5.74, 6) is -1.75. The van der Waals surface area contributed by atoms with E-state index in [0.29, 0.717) is 18.6 Å². The van der Waals surface area contributed by atoms with Gasteiger partial charge >= 0.3 is 6.18 Å². The third-order valence-corrected chi connectivity index (χ3v) is 7.20. The van der Waals surface area contributed by atoms with Gasteiger partial charge in [0.2, 0.25) is 15.9 Å². The van der Waals surface area contributed by atoms with Gasteiger partial charge in [-0.25, -0.2) is 8.42 Å². The first kappa shape index (κ1) is 23.3. The van der Waals surface area contributed by atoms with E-state index in [-0.39, 0.29) is 24.3 Å². The molecular formula is C21H25F3N2O4S. The van der Waals surface area contributed by atoms with E-state index < -0.39 is 40.6 Å².